The molecule has 2 nitrogen and oxygen atoms in total. The van der Waals surface area contributed by atoms with Gasteiger partial charge >= 0.3 is 0 Å². The second-order valence-electron chi connectivity index (χ2n) is 5.69. The van der Waals surface area contributed by atoms with Crippen molar-refractivity contribution in [3.05, 3.63) is 70.5 Å². The third-order valence-corrected chi connectivity index (χ3v) is 3.82. The van der Waals surface area contributed by atoms with Crippen molar-refractivity contribution in [2.24, 2.45) is 0 Å². The normalized spacial score (nSPS) is 12.0. The minimum absolute atomic E-state index is 0.00792. The highest BCUT2D eigenvalue weighted by Crippen LogP contribution is 2.21. The van der Waals surface area contributed by atoms with E-state index in [1.165, 1.54) is 23.3 Å². The van der Waals surface area contributed by atoms with Gasteiger partial charge in [-0.1, -0.05) is 42.8 Å². The molecule has 2 aromatic carbocycles. The monoisotopic (exact) mass is 299 g/mol. The fourth-order valence-electron chi connectivity index (χ4n) is 2.65. The van der Waals surface area contributed by atoms with E-state index < -0.39 is 0 Å². The maximum absolute atomic E-state index is 12.9. The molecule has 1 amide bonds. The number of hydrogen-bond donors (Lipinski definition) is 1. The molecule has 0 aromatic heterocycles. The molecule has 0 aliphatic carbocycles. The highest BCUT2D eigenvalue weighted by molar-refractivity contribution is 5.79. The first kappa shape index (κ1) is 16.2. The molecule has 0 saturated carbocycles. The number of rotatable bonds is 5. The van der Waals surface area contributed by atoms with Gasteiger partial charge in [0.1, 0.15) is 5.82 Å². The van der Waals surface area contributed by atoms with E-state index in [0.29, 0.717) is 0 Å². The zero-order valence-corrected chi connectivity index (χ0v) is 13.3. The fourth-order valence-corrected chi connectivity index (χ4v) is 2.65. The number of halogens is 1. The Morgan fingerprint density at radius 2 is 1.82 bits per heavy atom. The van der Waals surface area contributed by atoms with E-state index >= 15 is 0 Å². The van der Waals surface area contributed by atoms with Crippen molar-refractivity contribution in [3.8, 4) is 0 Å². The Bertz CT molecular complexity index is 649. The molecule has 0 spiro atoms. The Kier molecular flexibility index (Phi) is 5.31. The topological polar surface area (TPSA) is 29.1 Å². The van der Waals surface area contributed by atoms with Gasteiger partial charge in [-0.15, -0.1) is 0 Å². The maximum atomic E-state index is 12.9. The number of benzene rings is 2. The van der Waals surface area contributed by atoms with Gasteiger partial charge in [0.25, 0.3) is 0 Å². The summed E-state index contributed by atoms with van der Waals surface area (Å²) in [6, 6.07) is 12.3. The second-order valence-corrected chi connectivity index (χ2v) is 5.69. The molecule has 0 aliphatic heterocycles. The summed E-state index contributed by atoms with van der Waals surface area (Å²) in [7, 11) is 0. The van der Waals surface area contributed by atoms with Crippen LogP contribution in [-0.4, -0.2) is 5.91 Å². The number of carbonyl (C=O) groups excluding carboxylic acids is 1. The van der Waals surface area contributed by atoms with Crippen LogP contribution >= 0.6 is 0 Å². The molecular weight excluding hydrogens is 277 g/mol. The number of amides is 1. The molecule has 2 aromatic rings. The number of carbonyl (C=O) groups is 1. The van der Waals surface area contributed by atoms with E-state index in [4.69, 9.17) is 0 Å². The first-order valence-corrected chi connectivity index (χ1v) is 7.60. The molecular formula is C19H22FNO. The minimum atomic E-state index is -0.286. The van der Waals surface area contributed by atoms with Crippen LogP contribution in [0.15, 0.2) is 42.5 Å². The first-order valence-electron chi connectivity index (χ1n) is 7.60. The van der Waals surface area contributed by atoms with Crippen LogP contribution < -0.4 is 5.32 Å². The van der Waals surface area contributed by atoms with Gasteiger partial charge in [0.15, 0.2) is 0 Å². The Morgan fingerprint density at radius 3 is 2.41 bits per heavy atom. The molecule has 22 heavy (non-hydrogen) atoms. The fraction of sp³-hybridized carbons (Fsp3) is 0.316. The minimum Gasteiger partial charge on any atom is -0.349 e. The van der Waals surface area contributed by atoms with E-state index in [2.05, 4.69) is 44.3 Å². The summed E-state index contributed by atoms with van der Waals surface area (Å²) >= 11 is 0. The van der Waals surface area contributed by atoms with E-state index in [1.807, 2.05) is 0 Å². The number of nitrogens with one attached hydrogen (secondary N) is 1. The van der Waals surface area contributed by atoms with Gasteiger partial charge in [-0.05, 0) is 49.1 Å². The number of aryl methyl sites for hydroxylation is 2. The number of hydrogen-bond acceptors (Lipinski definition) is 1. The van der Waals surface area contributed by atoms with Crippen LogP contribution in [0.3, 0.4) is 0 Å². The third kappa shape index (κ3) is 4.17. The second kappa shape index (κ2) is 7.21. The molecule has 3 heteroatoms. The average Bonchev–Trinajstić information content (AvgIpc) is 2.48. The van der Waals surface area contributed by atoms with Crippen molar-refractivity contribution in [2.75, 3.05) is 0 Å². The standard InChI is InChI=1S/C19H22FNO/c1-4-18(17-10-5-13(2)11-14(17)3)21-19(22)12-15-6-8-16(20)9-7-15/h5-11,18H,4,12H2,1-3H3,(H,21,22)/t18-/m1/s1. The van der Waals surface area contributed by atoms with E-state index in [9.17, 15) is 9.18 Å². The van der Waals surface area contributed by atoms with Crippen molar-refractivity contribution >= 4 is 5.91 Å². The highest BCUT2D eigenvalue weighted by Gasteiger charge is 2.15. The maximum Gasteiger partial charge on any atom is 0.224 e. The van der Waals surface area contributed by atoms with Crippen molar-refractivity contribution in [1.29, 1.82) is 0 Å². The van der Waals surface area contributed by atoms with Gasteiger partial charge in [0, 0.05) is 0 Å². The first-order chi connectivity index (χ1) is 10.5. The van der Waals surface area contributed by atoms with E-state index in [1.54, 1.807) is 12.1 Å². The van der Waals surface area contributed by atoms with E-state index in [-0.39, 0.29) is 24.2 Å². The van der Waals surface area contributed by atoms with Gasteiger partial charge in [-0.3, -0.25) is 4.79 Å². The predicted molar refractivity (Wildman–Crippen MR) is 87.2 cm³/mol. The van der Waals surface area contributed by atoms with Crippen molar-refractivity contribution in [3.63, 3.8) is 0 Å². The predicted octanol–water partition coefficient (Wildman–Crippen LogP) is 4.25. The summed E-state index contributed by atoms with van der Waals surface area (Å²) in [5, 5.41) is 3.07. The zero-order chi connectivity index (χ0) is 16.1. The van der Waals surface area contributed by atoms with Crippen LogP contribution in [0.1, 0.15) is 41.6 Å². The Labute approximate surface area is 131 Å². The Hall–Kier alpha value is -2.16. The van der Waals surface area contributed by atoms with Crippen LogP contribution in [0.2, 0.25) is 0 Å². The Balaban J connectivity index is 2.06. The van der Waals surface area contributed by atoms with Crippen LogP contribution in [-0.2, 0) is 11.2 Å². The summed E-state index contributed by atoms with van der Waals surface area (Å²) in [4.78, 5) is 12.2. The lowest BCUT2D eigenvalue weighted by molar-refractivity contribution is -0.121. The molecule has 0 heterocycles. The van der Waals surface area contributed by atoms with Gasteiger partial charge in [0.2, 0.25) is 5.91 Å². The SMILES string of the molecule is CC[C@@H](NC(=O)Cc1ccc(F)cc1)c1ccc(C)cc1C. The summed E-state index contributed by atoms with van der Waals surface area (Å²) in [5.74, 6) is -0.329. The molecule has 116 valence electrons. The highest BCUT2D eigenvalue weighted by atomic mass is 19.1. The molecule has 0 aliphatic rings. The van der Waals surface area contributed by atoms with Gasteiger partial charge < -0.3 is 5.32 Å². The molecule has 1 atom stereocenters. The quantitative estimate of drug-likeness (QED) is 0.878. The zero-order valence-electron chi connectivity index (χ0n) is 13.3. The lowest BCUT2D eigenvalue weighted by atomic mass is 9.97. The van der Waals surface area contributed by atoms with Gasteiger partial charge in [0.05, 0.1) is 12.5 Å². The summed E-state index contributed by atoms with van der Waals surface area (Å²) in [6.45, 7) is 6.18. The van der Waals surface area contributed by atoms with Gasteiger partial charge in [-0.25, -0.2) is 4.39 Å². The lowest BCUT2D eigenvalue weighted by Gasteiger charge is -2.20. The molecule has 1 N–H and O–H groups in total. The molecule has 0 bridgehead atoms. The van der Waals surface area contributed by atoms with Crippen molar-refractivity contribution in [2.45, 2.75) is 39.7 Å². The van der Waals surface area contributed by atoms with Crippen molar-refractivity contribution in [1.82, 2.24) is 5.32 Å². The van der Waals surface area contributed by atoms with Crippen LogP contribution in [0.5, 0.6) is 0 Å². The summed E-state index contributed by atoms with van der Waals surface area (Å²) < 4.78 is 12.9. The molecule has 0 radical (unpaired) electrons. The van der Waals surface area contributed by atoms with Crippen LogP contribution in [0.25, 0.3) is 0 Å². The lowest BCUT2D eigenvalue weighted by Crippen LogP contribution is -2.30. The van der Waals surface area contributed by atoms with Crippen LogP contribution in [0.4, 0.5) is 4.39 Å². The summed E-state index contributed by atoms with van der Waals surface area (Å²) in [5.41, 5.74) is 4.37. The Morgan fingerprint density at radius 1 is 1.14 bits per heavy atom. The van der Waals surface area contributed by atoms with Crippen LogP contribution in [0, 0.1) is 19.7 Å². The largest absolute Gasteiger partial charge is 0.349 e. The van der Waals surface area contributed by atoms with Gasteiger partial charge in [-0.2, -0.15) is 0 Å². The smallest absolute Gasteiger partial charge is 0.224 e. The molecule has 0 fully saturated rings. The molecule has 2 rings (SSSR count). The molecule has 0 saturated heterocycles. The summed E-state index contributed by atoms with van der Waals surface area (Å²) in [6.07, 6.45) is 1.10. The average molecular weight is 299 g/mol. The third-order valence-electron chi connectivity index (χ3n) is 3.82. The van der Waals surface area contributed by atoms with E-state index in [0.717, 1.165) is 17.5 Å². The molecule has 0 unspecified atom stereocenters. The van der Waals surface area contributed by atoms with Crippen molar-refractivity contribution < 1.29 is 9.18 Å².